The van der Waals surface area contributed by atoms with Crippen LogP contribution in [0, 0.1) is 0 Å². The van der Waals surface area contributed by atoms with E-state index < -0.39 is 16.1 Å². The molecule has 1 heterocycles. The molecule has 0 unspecified atom stereocenters. The van der Waals surface area contributed by atoms with Crippen LogP contribution in [0.5, 0.6) is 0 Å². The fraction of sp³-hybridized carbons (Fsp3) is 1.00. The summed E-state index contributed by atoms with van der Waals surface area (Å²) >= 11 is 0. The van der Waals surface area contributed by atoms with Crippen molar-refractivity contribution in [1.29, 1.82) is 0 Å². The van der Waals surface area contributed by atoms with Crippen LogP contribution in [-0.2, 0) is 10.0 Å². The number of nitrogens with one attached hydrogen (secondary N) is 2. The molecule has 1 aliphatic rings. The molecule has 1 aliphatic heterocycles. The quantitative estimate of drug-likeness (QED) is 0.487. The first kappa shape index (κ1) is 9.91. The van der Waals surface area contributed by atoms with Gasteiger partial charge in [-0.1, -0.05) is 0 Å². The van der Waals surface area contributed by atoms with Crippen molar-refractivity contribution in [3.8, 4) is 0 Å². The second kappa shape index (κ2) is 3.69. The maximum atomic E-state index is 10.8. The van der Waals surface area contributed by atoms with E-state index in [0.717, 1.165) is 6.26 Å². The second-order valence-corrected chi connectivity index (χ2v) is 4.91. The molecule has 0 aliphatic carbocycles. The van der Waals surface area contributed by atoms with Gasteiger partial charge in [0.05, 0.1) is 12.4 Å². The van der Waals surface area contributed by atoms with E-state index >= 15 is 0 Å². The van der Waals surface area contributed by atoms with Gasteiger partial charge in [-0.2, -0.15) is 0 Å². The Morgan fingerprint density at radius 1 is 1.50 bits per heavy atom. The molecule has 1 fully saturated rings. The Bertz CT molecular complexity index is 239. The van der Waals surface area contributed by atoms with E-state index in [1.165, 1.54) is 0 Å². The average Bonchev–Trinajstić information content (AvgIpc) is 1.82. The summed E-state index contributed by atoms with van der Waals surface area (Å²) in [4.78, 5) is 0. The summed E-state index contributed by atoms with van der Waals surface area (Å²) in [6.45, 7) is 1.13. The van der Waals surface area contributed by atoms with Gasteiger partial charge in [-0.25, -0.2) is 13.1 Å². The smallest absolute Gasteiger partial charge is 0.208 e. The van der Waals surface area contributed by atoms with E-state index in [-0.39, 0.29) is 6.04 Å². The van der Waals surface area contributed by atoms with Gasteiger partial charge >= 0.3 is 0 Å². The monoisotopic (exact) mass is 194 g/mol. The van der Waals surface area contributed by atoms with E-state index in [2.05, 4.69) is 10.0 Å². The van der Waals surface area contributed by atoms with Gasteiger partial charge in [0.15, 0.2) is 0 Å². The molecule has 1 rings (SSSR count). The molecule has 5 nitrogen and oxygen atoms in total. The first-order valence-corrected chi connectivity index (χ1v) is 5.72. The van der Waals surface area contributed by atoms with Crippen LogP contribution in [-0.4, -0.2) is 45.0 Å². The zero-order valence-electron chi connectivity index (χ0n) is 6.95. The first-order valence-electron chi connectivity index (χ1n) is 3.83. The lowest BCUT2D eigenvalue weighted by atomic mass is 10.1. The normalized spacial score (nSPS) is 31.8. The maximum absolute atomic E-state index is 10.8. The predicted octanol–water partition coefficient (Wildman–Crippen LogP) is -1.74. The fourth-order valence-corrected chi connectivity index (χ4v) is 2.10. The lowest BCUT2D eigenvalue weighted by Crippen LogP contribution is -2.50. The van der Waals surface area contributed by atoms with Gasteiger partial charge in [0.1, 0.15) is 0 Å². The molecule has 0 saturated carbocycles. The molecule has 0 aromatic rings. The van der Waals surface area contributed by atoms with Crippen LogP contribution in [0.1, 0.15) is 6.42 Å². The molecule has 0 radical (unpaired) electrons. The number of piperidine rings is 1. The number of sulfonamides is 1. The molecule has 12 heavy (non-hydrogen) atoms. The average molecular weight is 194 g/mol. The van der Waals surface area contributed by atoms with Crippen molar-refractivity contribution in [3.63, 3.8) is 0 Å². The topological polar surface area (TPSA) is 78.4 Å². The Hall–Kier alpha value is -0.170. The fourth-order valence-electron chi connectivity index (χ4n) is 1.31. The number of hydrogen-bond donors (Lipinski definition) is 3. The summed E-state index contributed by atoms with van der Waals surface area (Å²) in [5.74, 6) is 0. The first-order chi connectivity index (χ1) is 5.47. The van der Waals surface area contributed by atoms with E-state index in [4.69, 9.17) is 0 Å². The maximum Gasteiger partial charge on any atom is 0.208 e. The van der Waals surface area contributed by atoms with Gasteiger partial charge in [0.2, 0.25) is 10.0 Å². The largest absolute Gasteiger partial charge is 0.392 e. The van der Waals surface area contributed by atoms with Gasteiger partial charge in [0, 0.05) is 19.1 Å². The molecule has 72 valence electrons. The third kappa shape index (κ3) is 3.48. The summed E-state index contributed by atoms with van der Waals surface area (Å²) in [5, 5.41) is 12.1. The Morgan fingerprint density at radius 3 is 2.67 bits per heavy atom. The highest BCUT2D eigenvalue weighted by molar-refractivity contribution is 7.88. The highest BCUT2D eigenvalue weighted by atomic mass is 32.2. The molecule has 0 aromatic carbocycles. The molecule has 1 saturated heterocycles. The molecule has 0 amide bonds. The zero-order chi connectivity index (χ0) is 9.19. The lowest BCUT2D eigenvalue weighted by Gasteiger charge is -2.26. The van der Waals surface area contributed by atoms with Crippen molar-refractivity contribution in [2.24, 2.45) is 0 Å². The van der Waals surface area contributed by atoms with E-state index in [1.54, 1.807) is 0 Å². The Morgan fingerprint density at radius 2 is 2.17 bits per heavy atom. The molecule has 0 aromatic heterocycles. The highest BCUT2D eigenvalue weighted by Gasteiger charge is 2.21. The van der Waals surface area contributed by atoms with Crippen LogP contribution < -0.4 is 10.0 Å². The van der Waals surface area contributed by atoms with Crippen molar-refractivity contribution in [2.45, 2.75) is 18.6 Å². The van der Waals surface area contributed by atoms with Crippen molar-refractivity contribution >= 4 is 10.0 Å². The zero-order valence-corrected chi connectivity index (χ0v) is 7.76. The highest BCUT2D eigenvalue weighted by Crippen LogP contribution is 2.03. The summed E-state index contributed by atoms with van der Waals surface area (Å²) in [7, 11) is -3.15. The van der Waals surface area contributed by atoms with Crippen LogP contribution in [0.3, 0.4) is 0 Å². The van der Waals surface area contributed by atoms with Crippen LogP contribution >= 0.6 is 0 Å². The SMILES string of the molecule is CS(=O)(=O)N[C@@H]1CNC[C@@H](O)C1. The lowest BCUT2D eigenvalue weighted by molar-refractivity contribution is 0.130. The summed E-state index contributed by atoms with van der Waals surface area (Å²) in [5.41, 5.74) is 0. The third-order valence-corrected chi connectivity index (χ3v) is 2.47. The minimum absolute atomic E-state index is 0.177. The predicted molar refractivity (Wildman–Crippen MR) is 45.3 cm³/mol. The van der Waals surface area contributed by atoms with Crippen LogP contribution in [0.4, 0.5) is 0 Å². The Kier molecular flexibility index (Phi) is 3.05. The van der Waals surface area contributed by atoms with Crippen molar-refractivity contribution in [3.05, 3.63) is 0 Å². The minimum Gasteiger partial charge on any atom is -0.392 e. The van der Waals surface area contributed by atoms with Crippen molar-refractivity contribution < 1.29 is 13.5 Å². The van der Waals surface area contributed by atoms with E-state index in [0.29, 0.717) is 19.5 Å². The summed E-state index contributed by atoms with van der Waals surface area (Å²) in [6, 6.07) is -0.177. The Labute approximate surface area is 72.2 Å². The molecule has 6 heteroatoms. The molecule has 0 bridgehead atoms. The van der Waals surface area contributed by atoms with Gasteiger partial charge in [-0.3, -0.25) is 0 Å². The number of hydrogen-bond acceptors (Lipinski definition) is 4. The van der Waals surface area contributed by atoms with Crippen molar-refractivity contribution in [1.82, 2.24) is 10.0 Å². The van der Waals surface area contributed by atoms with E-state index in [9.17, 15) is 13.5 Å². The van der Waals surface area contributed by atoms with E-state index in [1.807, 2.05) is 0 Å². The van der Waals surface area contributed by atoms with Gasteiger partial charge in [-0.05, 0) is 6.42 Å². The number of aliphatic hydroxyl groups is 1. The summed E-state index contributed by atoms with van der Waals surface area (Å²) < 4.78 is 24.0. The second-order valence-electron chi connectivity index (χ2n) is 3.13. The van der Waals surface area contributed by atoms with Crippen molar-refractivity contribution in [2.75, 3.05) is 19.3 Å². The standard InChI is InChI=1S/C6H14N2O3S/c1-12(10,11)8-5-2-6(9)4-7-3-5/h5-9H,2-4H2,1H3/t5-,6-/m0/s1. The number of aliphatic hydroxyl groups excluding tert-OH is 1. The van der Waals surface area contributed by atoms with Crippen LogP contribution in [0.15, 0.2) is 0 Å². The molecule has 2 atom stereocenters. The molecular formula is C6H14N2O3S. The van der Waals surface area contributed by atoms with Crippen LogP contribution in [0.2, 0.25) is 0 Å². The van der Waals surface area contributed by atoms with Gasteiger partial charge in [0.25, 0.3) is 0 Å². The number of β-amino-alcohol motifs (C(OH)–C–C–N with tert-alkyl or cyclic N) is 1. The third-order valence-electron chi connectivity index (χ3n) is 1.71. The molecule has 3 N–H and O–H groups in total. The summed E-state index contributed by atoms with van der Waals surface area (Å²) in [6.07, 6.45) is 1.16. The van der Waals surface area contributed by atoms with Crippen LogP contribution in [0.25, 0.3) is 0 Å². The molecule has 0 spiro atoms. The number of rotatable bonds is 2. The minimum atomic E-state index is -3.15. The Balaban J connectivity index is 2.43. The van der Waals surface area contributed by atoms with Gasteiger partial charge < -0.3 is 10.4 Å². The molecular weight excluding hydrogens is 180 g/mol. The van der Waals surface area contributed by atoms with Gasteiger partial charge in [-0.15, -0.1) is 0 Å².